The lowest BCUT2D eigenvalue weighted by molar-refractivity contribution is -0.115. The third-order valence-electron chi connectivity index (χ3n) is 6.61. The molecule has 2 N–H and O–H groups in total. The second-order valence-electron chi connectivity index (χ2n) is 9.42. The zero-order valence-corrected chi connectivity index (χ0v) is 22.4. The van der Waals surface area contributed by atoms with Crippen molar-refractivity contribution < 1.29 is 19.1 Å². The lowest BCUT2D eigenvalue weighted by atomic mass is 9.93. The van der Waals surface area contributed by atoms with Crippen LogP contribution in [0, 0.1) is 12.3 Å². The Morgan fingerprint density at radius 3 is 2.59 bits per heavy atom. The molecule has 4 aromatic rings. The van der Waals surface area contributed by atoms with E-state index in [-0.39, 0.29) is 17.8 Å². The zero-order valence-electron chi connectivity index (χ0n) is 22.4. The number of nitrogens with zero attached hydrogens (tertiary/aromatic N) is 2. The molecule has 0 aliphatic heterocycles. The minimum Gasteiger partial charge on any atom is -0.461 e. The number of esters is 1. The van der Waals surface area contributed by atoms with Gasteiger partial charge in [0.2, 0.25) is 0 Å². The highest BCUT2D eigenvalue weighted by atomic mass is 16.5. The molecular weight excluding hydrogens is 492 g/mol. The van der Waals surface area contributed by atoms with Gasteiger partial charge in [0.15, 0.2) is 6.29 Å². The van der Waals surface area contributed by atoms with Gasteiger partial charge < -0.3 is 24.5 Å². The minimum atomic E-state index is -0.522. The number of nitrogens with one attached hydrogen (secondary N) is 2. The number of aryl methyl sites for hydroxylation is 1. The molecule has 0 spiro atoms. The number of benzene rings is 2. The summed E-state index contributed by atoms with van der Waals surface area (Å²) in [6, 6.07) is 13.0. The standard InChI is InChI=1S/C31H32N4O4/c1-5-6-17-39-31(38)23-13-9-12-22-24(18-33-29(22)23)28(30(37)32-2)26(20-36)25-19-35(16-10-15-34(3)4)27-14-8-7-11-21(25)27/h1,7-9,11-14,18-20,33H,6,10,15-17H2,2-4H3,(H,32,37)/b28-26+. The summed E-state index contributed by atoms with van der Waals surface area (Å²) >= 11 is 0. The summed E-state index contributed by atoms with van der Waals surface area (Å²) in [6.45, 7) is 1.79. The van der Waals surface area contributed by atoms with Crippen molar-refractivity contribution in [3.05, 3.63) is 71.5 Å². The van der Waals surface area contributed by atoms with Crippen LogP contribution < -0.4 is 5.32 Å². The Bertz CT molecular complexity index is 1600. The first-order valence-electron chi connectivity index (χ1n) is 12.8. The van der Waals surface area contributed by atoms with Crippen LogP contribution in [0.3, 0.4) is 0 Å². The molecule has 0 radical (unpaired) electrons. The van der Waals surface area contributed by atoms with Crippen LogP contribution in [0.15, 0.2) is 54.9 Å². The highest BCUT2D eigenvalue weighted by Crippen LogP contribution is 2.35. The molecule has 0 bridgehead atoms. The van der Waals surface area contributed by atoms with Gasteiger partial charge in [-0.25, -0.2) is 4.79 Å². The van der Waals surface area contributed by atoms with Crippen LogP contribution in [0.2, 0.25) is 0 Å². The molecule has 39 heavy (non-hydrogen) atoms. The predicted molar refractivity (Wildman–Crippen MR) is 154 cm³/mol. The first kappa shape index (κ1) is 27.4. The van der Waals surface area contributed by atoms with Crippen LogP contribution in [0.1, 0.15) is 34.3 Å². The number of para-hydroxylation sites is 2. The van der Waals surface area contributed by atoms with Crippen LogP contribution in [-0.4, -0.2) is 66.9 Å². The number of fused-ring (bicyclic) bond motifs is 2. The number of hydrogen-bond donors (Lipinski definition) is 2. The van der Waals surface area contributed by atoms with Crippen molar-refractivity contribution in [3.8, 4) is 12.3 Å². The van der Waals surface area contributed by atoms with Gasteiger partial charge in [-0.1, -0.05) is 30.3 Å². The summed E-state index contributed by atoms with van der Waals surface area (Å²) in [6.07, 6.45) is 10.8. The van der Waals surface area contributed by atoms with Crippen LogP contribution >= 0.6 is 0 Å². The van der Waals surface area contributed by atoms with Crippen LogP contribution in [0.25, 0.3) is 33.0 Å². The molecule has 8 nitrogen and oxygen atoms in total. The average Bonchev–Trinajstić information content (AvgIpc) is 3.53. The Kier molecular flexibility index (Phi) is 8.64. The van der Waals surface area contributed by atoms with Crippen molar-refractivity contribution in [3.63, 3.8) is 0 Å². The number of ether oxygens (including phenoxy) is 1. The number of likely N-dealkylation sites (N-methyl/N-ethyl adjacent to an activating group) is 1. The third-order valence-corrected chi connectivity index (χ3v) is 6.61. The first-order valence-corrected chi connectivity index (χ1v) is 12.8. The fourth-order valence-electron chi connectivity index (χ4n) is 4.79. The fourth-order valence-corrected chi connectivity index (χ4v) is 4.79. The molecule has 8 heteroatoms. The van der Waals surface area contributed by atoms with Gasteiger partial charge >= 0.3 is 5.97 Å². The minimum absolute atomic E-state index is 0.108. The van der Waals surface area contributed by atoms with Crippen molar-refractivity contribution in [1.29, 1.82) is 0 Å². The number of hydrogen-bond acceptors (Lipinski definition) is 5. The molecule has 1 amide bonds. The van der Waals surface area contributed by atoms with E-state index in [0.717, 1.165) is 36.7 Å². The van der Waals surface area contributed by atoms with Gasteiger partial charge in [0.1, 0.15) is 6.61 Å². The Morgan fingerprint density at radius 1 is 1.10 bits per heavy atom. The monoisotopic (exact) mass is 524 g/mol. The largest absolute Gasteiger partial charge is 0.461 e. The van der Waals surface area contributed by atoms with Gasteiger partial charge in [-0.2, -0.15) is 0 Å². The number of terminal acetylenes is 1. The molecule has 0 fully saturated rings. The SMILES string of the molecule is C#CCCOC(=O)c1cccc2c(/C(C(=O)NC)=C(/C=O)c3cn(CCCN(C)C)c4ccccc34)c[nH]c12. The summed E-state index contributed by atoms with van der Waals surface area (Å²) in [7, 11) is 5.59. The van der Waals surface area contributed by atoms with E-state index < -0.39 is 11.9 Å². The van der Waals surface area contributed by atoms with Gasteiger partial charge in [-0.3, -0.25) is 9.59 Å². The Morgan fingerprint density at radius 2 is 1.87 bits per heavy atom. The molecule has 0 unspecified atom stereocenters. The number of H-pyrrole nitrogens is 1. The van der Waals surface area contributed by atoms with Crippen LogP contribution in [0.5, 0.6) is 0 Å². The Balaban J connectivity index is 1.88. The number of allylic oxidation sites excluding steroid dienone is 1. The van der Waals surface area contributed by atoms with E-state index in [1.165, 1.54) is 7.05 Å². The number of carbonyl (C=O) groups is 3. The molecule has 4 rings (SSSR count). The lowest BCUT2D eigenvalue weighted by Crippen LogP contribution is -2.20. The lowest BCUT2D eigenvalue weighted by Gasteiger charge is -2.11. The maximum absolute atomic E-state index is 13.3. The van der Waals surface area contributed by atoms with Gasteiger partial charge in [0.05, 0.1) is 16.7 Å². The van der Waals surface area contributed by atoms with Crippen molar-refractivity contribution >= 4 is 51.1 Å². The van der Waals surface area contributed by atoms with Gasteiger partial charge in [-0.05, 0) is 39.2 Å². The molecule has 2 heterocycles. The van der Waals surface area contributed by atoms with E-state index in [4.69, 9.17) is 11.2 Å². The second kappa shape index (κ2) is 12.3. The van der Waals surface area contributed by atoms with Crippen molar-refractivity contribution in [1.82, 2.24) is 19.8 Å². The van der Waals surface area contributed by atoms with Gasteiger partial charge in [0.25, 0.3) is 5.91 Å². The molecule has 0 saturated carbocycles. The maximum Gasteiger partial charge on any atom is 0.340 e. The van der Waals surface area contributed by atoms with E-state index in [1.54, 1.807) is 24.4 Å². The number of aromatic nitrogens is 2. The summed E-state index contributed by atoms with van der Waals surface area (Å²) < 4.78 is 7.42. The van der Waals surface area contributed by atoms with Crippen LogP contribution in [-0.2, 0) is 20.9 Å². The topological polar surface area (TPSA) is 96.4 Å². The molecule has 0 saturated heterocycles. The summed E-state index contributed by atoms with van der Waals surface area (Å²) in [5, 5.41) is 4.18. The molecule has 2 aromatic heterocycles. The molecule has 0 atom stereocenters. The molecule has 0 aliphatic rings. The van der Waals surface area contributed by atoms with E-state index in [1.807, 2.05) is 44.6 Å². The smallest absolute Gasteiger partial charge is 0.340 e. The van der Waals surface area contributed by atoms with E-state index >= 15 is 0 Å². The third kappa shape index (κ3) is 5.64. The fraction of sp³-hybridized carbons (Fsp3) is 0.258. The second-order valence-corrected chi connectivity index (χ2v) is 9.42. The van der Waals surface area contributed by atoms with E-state index in [0.29, 0.717) is 34.0 Å². The first-order chi connectivity index (χ1) is 18.9. The molecule has 0 aliphatic carbocycles. The zero-order chi connectivity index (χ0) is 27.9. The normalized spacial score (nSPS) is 11.9. The predicted octanol–water partition coefficient (Wildman–Crippen LogP) is 4.11. The van der Waals surface area contributed by atoms with Crippen molar-refractivity contribution in [2.75, 3.05) is 34.3 Å². The average molecular weight is 525 g/mol. The maximum atomic E-state index is 13.3. The highest BCUT2D eigenvalue weighted by Gasteiger charge is 2.25. The Hall–Kier alpha value is -4.61. The number of rotatable bonds is 11. The molecule has 2 aromatic carbocycles. The van der Waals surface area contributed by atoms with Crippen molar-refractivity contribution in [2.45, 2.75) is 19.4 Å². The number of aldehydes is 1. The highest BCUT2D eigenvalue weighted by molar-refractivity contribution is 6.38. The molecular formula is C31H32N4O4. The number of amides is 1. The number of aromatic amines is 1. The number of carbonyl (C=O) groups excluding carboxylic acids is 3. The quantitative estimate of drug-likeness (QED) is 0.101. The summed E-state index contributed by atoms with van der Waals surface area (Å²) in [5.41, 5.74) is 3.47. The van der Waals surface area contributed by atoms with Crippen LogP contribution in [0.4, 0.5) is 0 Å². The van der Waals surface area contributed by atoms with Gasteiger partial charge in [0, 0.05) is 65.4 Å². The summed E-state index contributed by atoms with van der Waals surface area (Å²) in [5.74, 6) is 1.51. The van der Waals surface area contributed by atoms with Crippen molar-refractivity contribution in [2.24, 2.45) is 0 Å². The Labute approximate surface area is 227 Å². The van der Waals surface area contributed by atoms with E-state index in [9.17, 15) is 14.4 Å². The van der Waals surface area contributed by atoms with E-state index in [2.05, 4.69) is 25.7 Å². The van der Waals surface area contributed by atoms with Gasteiger partial charge in [-0.15, -0.1) is 12.3 Å². The molecule has 200 valence electrons. The summed E-state index contributed by atoms with van der Waals surface area (Å²) in [4.78, 5) is 44.0.